The number of rotatable bonds is 1. The maximum atomic E-state index is 10.4. The second kappa shape index (κ2) is 2.72. The van der Waals surface area contributed by atoms with Crippen molar-refractivity contribution in [2.45, 2.75) is 0 Å². The first-order chi connectivity index (χ1) is 4.80. The molecule has 1 heterocycles. The van der Waals surface area contributed by atoms with Crippen LogP contribution in [0.25, 0.3) is 0 Å². The van der Waals surface area contributed by atoms with Crippen molar-refractivity contribution in [3.05, 3.63) is 11.8 Å². The van der Waals surface area contributed by atoms with Crippen LogP contribution in [0.15, 0.2) is 27.4 Å². The maximum absolute atomic E-state index is 10.4. The highest BCUT2D eigenvalue weighted by molar-refractivity contribution is 6.11. The van der Waals surface area contributed by atoms with E-state index >= 15 is 0 Å². The van der Waals surface area contributed by atoms with Crippen molar-refractivity contribution in [3.8, 4) is 0 Å². The first kappa shape index (κ1) is 6.40. The Bertz CT molecular complexity index is 229. The van der Waals surface area contributed by atoms with Gasteiger partial charge in [-0.15, -0.1) is 5.10 Å². The summed E-state index contributed by atoms with van der Waals surface area (Å²) >= 11 is 0. The lowest BCUT2D eigenvalue weighted by Gasteiger charge is -1.87. The first-order valence-corrected chi connectivity index (χ1v) is 2.40. The van der Waals surface area contributed by atoms with E-state index in [9.17, 15) is 4.79 Å². The van der Waals surface area contributed by atoms with Crippen LogP contribution in [0, 0.1) is 0 Å². The fraction of sp³-hybridized carbons (Fsp3) is 0. The van der Waals surface area contributed by atoms with Crippen LogP contribution in [0.4, 0.5) is 0 Å². The largest absolute Gasteiger partial charge is 0.365 e. The van der Waals surface area contributed by atoms with Gasteiger partial charge in [-0.1, -0.05) is 0 Å². The van der Waals surface area contributed by atoms with Gasteiger partial charge in [0.25, 0.3) is 5.91 Å². The topological polar surface area (TPSA) is 89.4 Å². The number of nitrogens with two attached hydrogens (primary N) is 1. The van der Waals surface area contributed by atoms with Gasteiger partial charge in [-0.2, -0.15) is 0 Å². The fourth-order valence-electron chi connectivity index (χ4n) is 0.363. The molecule has 0 saturated carbocycles. The lowest BCUT2D eigenvalue weighted by Crippen LogP contribution is -2.14. The van der Waals surface area contributed by atoms with Gasteiger partial charge in [-0.3, -0.25) is 4.79 Å². The molecule has 1 aliphatic heterocycles. The lowest BCUT2D eigenvalue weighted by atomic mass is 10.3. The van der Waals surface area contributed by atoms with E-state index in [4.69, 9.17) is 5.73 Å². The molecule has 6 nitrogen and oxygen atoms in total. The number of amides is 1. The van der Waals surface area contributed by atoms with E-state index in [-0.39, 0.29) is 5.57 Å². The summed E-state index contributed by atoms with van der Waals surface area (Å²) in [4.78, 5) is 14.7. The molecule has 1 amide bonds. The van der Waals surface area contributed by atoms with Gasteiger partial charge in [0, 0.05) is 0 Å². The van der Waals surface area contributed by atoms with Crippen LogP contribution in [-0.2, 0) is 9.63 Å². The molecule has 0 atom stereocenters. The molecule has 6 heteroatoms. The molecule has 0 aromatic rings. The zero-order valence-corrected chi connectivity index (χ0v) is 4.89. The first-order valence-electron chi connectivity index (χ1n) is 2.40. The molecule has 0 unspecified atom stereocenters. The second-order valence-electron chi connectivity index (χ2n) is 1.46. The number of hydrogen-bond acceptors (Lipinski definition) is 5. The van der Waals surface area contributed by atoms with Crippen LogP contribution in [0.3, 0.4) is 0 Å². The Morgan fingerprint density at radius 3 is 3.20 bits per heavy atom. The van der Waals surface area contributed by atoms with Gasteiger partial charge in [0.15, 0.2) is 0 Å². The van der Waals surface area contributed by atoms with Crippen LogP contribution in [0.5, 0.6) is 0 Å². The average molecular weight is 140 g/mol. The molecular formula is C4H4N4O2. The summed E-state index contributed by atoms with van der Waals surface area (Å²) in [6, 6.07) is 0. The van der Waals surface area contributed by atoms with Crippen molar-refractivity contribution in [1.29, 1.82) is 0 Å². The molecule has 0 spiro atoms. The van der Waals surface area contributed by atoms with Crippen molar-refractivity contribution in [3.63, 3.8) is 0 Å². The number of carbonyl (C=O) groups excluding carboxylic acids is 1. The highest BCUT2D eigenvalue weighted by Crippen LogP contribution is 1.96. The predicted octanol–water partition coefficient (Wildman–Crippen LogP) is -0.261. The molecule has 2 N–H and O–H groups in total. The standard InChI is InChI=1S/C4H4N4O2/c5-4(9)3-1-6-7-8-10-2-3/h1-2H,(H2,5,9). The molecule has 0 radical (unpaired) electrons. The summed E-state index contributed by atoms with van der Waals surface area (Å²) in [5.74, 6) is -0.629. The number of hydrogen-bond donors (Lipinski definition) is 1. The zero-order valence-electron chi connectivity index (χ0n) is 4.89. The molecular weight excluding hydrogens is 136 g/mol. The second-order valence-corrected chi connectivity index (χ2v) is 1.46. The highest BCUT2D eigenvalue weighted by atomic mass is 16.6. The van der Waals surface area contributed by atoms with Crippen molar-refractivity contribution < 1.29 is 9.63 Å². The average Bonchev–Trinajstić information content (AvgIpc) is 2.12. The number of nitrogens with zero attached hydrogens (tertiary/aromatic N) is 3. The van der Waals surface area contributed by atoms with Crippen LogP contribution < -0.4 is 5.73 Å². The molecule has 1 aliphatic rings. The van der Waals surface area contributed by atoms with E-state index in [2.05, 4.69) is 20.4 Å². The van der Waals surface area contributed by atoms with Gasteiger partial charge in [-0.25, -0.2) is 0 Å². The summed E-state index contributed by atoms with van der Waals surface area (Å²) in [6.07, 6.45) is 2.24. The monoisotopic (exact) mass is 140 g/mol. The smallest absolute Gasteiger partial charge is 0.253 e. The van der Waals surface area contributed by atoms with Crippen molar-refractivity contribution in [2.75, 3.05) is 0 Å². The Hall–Kier alpha value is -1.72. The SMILES string of the molecule is NC(=O)C1=CON=NN=C1. The predicted molar refractivity (Wildman–Crippen MR) is 31.7 cm³/mol. The lowest BCUT2D eigenvalue weighted by molar-refractivity contribution is -0.114. The summed E-state index contributed by atoms with van der Waals surface area (Å²) in [6.45, 7) is 0. The Morgan fingerprint density at radius 1 is 1.70 bits per heavy atom. The van der Waals surface area contributed by atoms with Crippen molar-refractivity contribution in [1.82, 2.24) is 0 Å². The minimum Gasteiger partial charge on any atom is -0.365 e. The Balaban J connectivity index is 2.78. The molecule has 10 heavy (non-hydrogen) atoms. The van der Waals surface area contributed by atoms with Gasteiger partial charge in [0.1, 0.15) is 6.26 Å². The van der Waals surface area contributed by atoms with Gasteiger partial charge in [0.05, 0.1) is 17.1 Å². The third kappa shape index (κ3) is 1.38. The molecule has 0 bridgehead atoms. The summed E-state index contributed by atoms with van der Waals surface area (Å²) in [5, 5.41) is 9.47. The van der Waals surface area contributed by atoms with Gasteiger partial charge >= 0.3 is 0 Å². The molecule has 0 aromatic carbocycles. The van der Waals surface area contributed by atoms with E-state index in [0.29, 0.717) is 0 Å². The third-order valence-corrected chi connectivity index (χ3v) is 0.796. The highest BCUT2D eigenvalue weighted by Gasteiger charge is 2.02. The normalized spacial score (nSPS) is 15.4. The van der Waals surface area contributed by atoms with Gasteiger partial charge < -0.3 is 10.6 Å². The molecule has 1 rings (SSSR count). The van der Waals surface area contributed by atoms with E-state index in [0.717, 1.165) is 6.26 Å². The minimum absolute atomic E-state index is 0.130. The van der Waals surface area contributed by atoms with E-state index in [1.807, 2.05) is 0 Å². The Labute approximate surface area is 56.0 Å². The summed E-state index contributed by atoms with van der Waals surface area (Å²) in [5.41, 5.74) is 5.00. The molecule has 0 saturated heterocycles. The molecule has 0 aromatic heterocycles. The van der Waals surface area contributed by atoms with Crippen molar-refractivity contribution >= 4 is 12.1 Å². The Morgan fingerprint density at radius 2 is 2.50 bits per heavy atom. The van der Waals surface area contributed by atoms with Crippen LogP contribution in [0.1, 0.15) is 0 Å². The third-order valence-electron chi connectivity index (χ3n) is 0.796. The molecule has 0 fully saturated rings. The van der Waals surface area contributed by atoms with E-state index < -0.39 is 5.91 Å². The van der Waals surface area contributed by atoms with Crippen LogP contribution >= 0.6 is 0 Å². The summed E-state index contributed by atoms with van der Waals surface area (Å²) < 4.78 is 0. The van der Waals surface area contributed by atoms with Crippen LogP contribution in [-0.4, -0.2) is 12.1 Å². The quantitative estimate of drug-likeness (QED) is 0.543. The van der Waals surface area contributed by atoms with Gasteiger partial charge in [-0.05, 0) is 5.22 Å². The Kier molecular flexibility index (Phi) is 1.74. The van der Waals surface area contributed by atoms with E-state index in [1.54, 1.807) is 0 Å². The fourth-order valence-corrected chi connectivity index (χ4v) is 0.363. The van der Waals surface area contributed by atoms with Gasteiger partial charge in [0.2, 0.25) is 0 Å². The van der Waals surface area contributed by atoms with Crippen LogP contribution in [0.2, 0.25) is 0 Å². The zero-order chi connectivity index (χ0) is 7.40. The molecule has 52 valence electrons. The number of primary amides is 1. The molecule has 0 aliphatic carbocycles. The minimum atomic E-state index is -0.629. The number of carbonyl (C=O) groups is 1. The maximum Gasteiger partial charge on any atom is 0.253 e. The summed E-state index contributed by atoms with van der Waals surface area (Å²) in [7, 11) is 0. The van der Waals surface area contributed by atoms with E-state index in [1.165, 1.54) is 6.21 Å². The van der Waals surface area contributed by atoms with Crippen molar-refractivity contribution in [2.24, 2.45) is 21.3 Å².